The lowest BCUT2D eigenvalue weighted by atomic mass is 9.87. The Labute approximate surface area is 236 Å². The zero-order valence-corrected chi connectivity index (χ0v) is 23.8. The van der Waals surface area contributed by atoms with Gasteiger partial charge in [0.15, 0.2) is 5.13 Å². The molecule has 0 bridgehead atoms. The van der Waals surface area contributed by atoms with Gasteiger partial charge in [-0.1, -0.05) is 17.4 Å². The fraction of sp³-hybridized carbons (Fsp3) is 0.346. The number of nitrogens with one attached hydrogen (secondary N) is 3. The van der Waals surface area contributed by atoms with E-state index in [4.69, 9.17) is 5.73 Å². The van der Waals surface area contributed by atoms with Crippen LogP contribution in [0.2, 0.25) is 0 Å². The van der Waals surface area contributed by atoms with Crippen molar-refractivity contribution in [3.05, 3.63) is 70.1 Å². The van der Waals surface area contributed by atoms with Crippen LogP contribution in [0, 0.1) is 17.6 Å². The van der Waals surface area contributed by atoms with Crippen molar-refractivity contribution in [1.29, 1.82) is 0 Å². The first kappa shape index (κ1) is 31.4. The maximum atomic E-state index is 14.0. The highest BCUT2D eigenvalue weighted by Gasteiger charge is 2.43. The van der Waals surface area contributed by atoms with Crippen LogP contribution in [-0.4, -0.2) is 34.3 Å². The summed E-state index contributed by atoms with van der Waals surface area (Å²) in [5, 5.41) is 9.93. The highest BCUT2D eigenvalue weighted by atomic mass is 35.5. The van der Waals surface area contributed by atoms with Crippen LogP contribution in [0.5, 0.6) is 0 Å². The summed E-state index contributed by atoms with van der Waals surface area (Å²) in [4.78, 5) is 29.4. The van der Waals surface area contributed by atoms with Crippen molar-refractivity contribution in [1.82, 2.24) is 15.6 Å². The van der Waals surface area contributed by atoms with E-state index >= 15 is 0 Å². The van der Waals surface area contributed by atoms with Gasteiger partial charge in [0.25, 0.3) is 5.91 Å². The molecule has 206 valence electrons. The third-order valence-corrected chi connectivity index (χ3v) is 7.38. The molecule has 0 aliphatic carbocycles. The number of ketones is 1. The lowest BCUT2D eigenvalue weighted by molar-refractivity contribution is 0.0942. The number of nitrogens with zero attached hydrogens (tertiary/aromatic N) is 1. The van der Waals surface area contributed by atoms with Crippen LogP contribution in [0.4, 0.5) is 25.4 Å². The number of carbonyl (C=O) groups is 2. The number of anilines is 3. The second kappa shape index (κ2) is 11.9. The number of hydrogen-bond donors (Lipinski definition) is 4. The first-order chi connectivity index (χ1) is 16.9. The third-order valence-electron chi connectivity index (χ3n) is 6.39. The van der Waals surface area contributed by atoms with Crippen LogP contribution in [0.15, 0.2) is 42.5 Å². The molecule has 2 aromatic carbocycles. The first-order valence-electron chi connectivity index (χ1n) is 11.6. The summed E-state index contributed by atoms with van der Waals surface area (Å²) in [5.41, 5.74) is 6.26. The smallest absolute Gasteiger partial charge is 0.251 e. The molecule has 1 aromatic heterocycles. The zero-order valence-electron chi connectivity index (χ0n) is 21.4. The Balaban J connectivity index is 0.00000253. The molecule has 3 aromatic rings. The van der Waals surface area contributed by atoms with Crippen LogP contribution in [-0.2, 0) is 0 Å². The van der Waals surface area contributed by atoms with Crippen molar-refractivity contribution >= 4 is 64.5 Å². The van der Waals surface area contributed by atoms with Crippen LogP contribution in [0.1, 0.15) is 59.7 Å². The van der Waals surface area contributed by atoms with Gasteiger partial charge in [-0.25, -0.2) is 13.8 Å². The van der Waals surface area contributed by atoms with Gasteiger partial charge in [0.1, 0.15) is 22.3 Å². The number of carbonyl (C=O) groups excluding carboxylic acids is 2. The summed E-state index contributed by atoms with van der Waals surface area (Å²) in [5.74, 6) is -2.79. The molecule has 1 aliphatic heterocycles. The maximum Gasteiger partial charge on any atom is 0.251 e. The number of benzene rings is 2. The van der Waals surface area contributed by atoms with Crippen molar-refractivity contribution in [2.45, 2.75) is 45.2 Å². The SMILES string of the molecule is CC1(C)CC(CNC(=O)c2ccc(Nc3nc(N)c(C(=O)c4c(F)cccc4F)s3)cc2)C(C)(C)N1.Cl.Cl. The number of rotatable bonds is 7. The number of nitrogens with two attached hydrogens (primary N) is 1. The highest BCUT2D eigenvalue weighted by molar-refractivity contribution is 7.18. The van der Waals surface area contributed by atoms with Gasteiger partial charge in [0.2, 0.25) is 5.78 Å². The molecule has 38 heavy (non-hydrogen) atoms. The van der Waals surface area contributed by atoms with Gasteiger partial charge >= 0.3 is 0 Å². The molecular formula is C26H31Cl2F2N5O2S. The number of hydrogen-bond acceptors (Lipinski definition) is 7. The number of halogens is 4. The van der Waals surface area contributed by atoms with Gasteiger partial charge in [-0.05, 0) is 76.4 Å². The Morgan fingerprint density at radius 2 is 1.68 bits per heavy atom. The molecular weight excluding hydrogens is 555 g/mol. The van der Waals surface area contributed by atoms with Crippen LogP contribution in [0.25, 0.3) is 0 Å². The molecule has 5 N–H and O–H groups in total. The van der Waals surface area contributed by atoms with Crippen LogP contribution in [0.3, 0.4) is 0 Å². The summed E-state index contributed by atoms with van der Waals surface area (Å²) < 4.78 is 28.0. The Hall–Kier alpha value is -2.79. The van der Waals surface area contributed by atoms with E-state index in [-0.39, 0.29) is 57.6 Å². The monoisotopic (exact) mass is 585 g/mol. The predicted octanol–water partition coefficient (Wildman–Crippen LogP) is 5.72. The molecule has 1 saturated heterocycles. The average molecular weight is 587 g/mol. The van der Waals surface area contributed by atoms with Crippen molar-refractivity contribution in [3.63, 3.8) is 0 Å². The largest absolute Gasteiger partial charge is 0.382 e. The Morgan fingerprint density at radius 3 is 2.24 bits per heavy atom. The molecule has 12 heteroatoms. The summed E-state index contributed by atoms with van der Waals surface area (Å²) in [6, 6.07) is 9.97. The molecule has 0 spiro atoms. The maximum absolute atomic E-state index is 14.0. The second-order valence-corrected chi connectivity index (χ2v) is 11.2. The fourth-order valence-electron chi connectivity index (χ4n) is 4.75. The number of thiazole rings is 1. The van der Waals surface area contributed by atoms with E-state index in [0.29, 0.717) is 23.7 Å². The molecule has 1 fully saturated rings. The second-order valence-electron chi connectivity index (χ2n) is 10.2. The molecule has 7 nitrogen and oxygen atoms in total. The lowest BCUT2D eigenvalue weighted by Gasteiger charge is -2.28. The molecule has 2 heterocycles. The van der Waals surface area contributed by atoms with Crippen LogP contribution < -0.4 is 21.7 Å². The first-order valence-corrected chi connectivity index (χ1v) is 12.4. The average Bonchev–Trinajstić information content (AvgIpc) is 3.25. The minimum absolute atomic E-state index is 0. The Bertz CT molecular complexity index is 1300. The van der Waals surface area contributed by atoms with E-state index in [9.17, 15) is 18.4 Å². The van der Waals surface area contributed by atoms with E-state index in [1.807, 2.05) is 0 Å². The van der Waals surface area contributed by atoms with Crippen molar-refractivity contribution in [2.75, 3.05) is 17.6 Å². The normalized spacial score (nSPS) is 17.2. The minimum atomic E-state index is -0.965. The molecule has 1 atom stereocenters. The summed E-state index contributed by atoms with van der Waals surface area (Å²) in [7, 11) is 0. The van der Waals surface area contributed by atoms with Gasteiger partial charge in [-0.3, -0.25) is 9.59 Å². The lowest BCUT2D eigenvalue weighted by Crippen LogP contribution is -2.47. The fourth-order valence-corrected chi connectivity index (χ4v) is 5.60. The van der Waals surface area contributed by atoms with Gasteiger partial charge in [-0.2, -0.15) is 0 Å². The quantitative estimate of drug-likeness (QED) is 0.264. The van der Waals surface area contributed by atoms with Crippen molar-refractivity contribution < 1.29 is 18.4 Å². The van der Waals surface area contributed by atoms with E-state index in [0.717, 1.165) is 29.9 Å². The molecule has 0 radical (unpaired) electrons. The van der Waals surface area contributed by atoms with E-state index < -0.39 is 23.0 Å². The minimum Gasteiger partial charge on any atom is -0.382 e. The summed E-state index contributed by atoms with van der Waals surface area (Å²) in [6.45, 7) is 9.19. The molecule has 1 unspecified atom stereocenters. The number of nitrogen functional groups attached to an aromatic ring is 1. The molecule has 1 amide bonds. The van der Waals surface area contributed by atoms with E-state index in [1.165, 1.54) is 6.07 Å². The van der Waals surface area contributed by atoms with E-state index in [1.54, 1.807) is 24.3 Å². The summed E-state index contributed by atoms with van der Waals surface area (Å²) in [6.07, 6.45) is 0.966. The molecule has 1 aliphatic rings. The van der Waals surface area contributed by atoms with Crippen molar-refractivity contribution in [2.24, 2.45) is 5.92 Å². The zero-order chi connectivity index (χ0) is 26.3. The standard InChI is InChI=1S/C26H29F2N5O2S.2ClH/c1-25(2)12-15(26(3,4)33-25)13-30-23(35)14-8-10-16(11-9-14)31-24-32-22(29)21(36-24)20(34)19-17(27)6-5-7-18(19)28;;/h5-11,15,33H,12-13,29H2,1-4H3,(H,30,35)(H,31,32);2*1H. The summed E-state index contributed by atoms with van der Waals surface area (Å²) >= 11 is 0.892. The van der Waals surface area contributed by atoms with Gasteiger partial charge in [0.05, 0.1) is 5.56 Å². The Morgan fingerprint density at radius 1 is 1.08 bits per heavy atom. The topological polar surface area (TPSA) is 109 Å². The van der Waals surface area contributed by atoms with Crippen molar-refractivity contribution in [3.8, 4) is 0 Å². The number of amides is 1. The Kier molecular flexibility index (Phi) is 9.88. The van der Waals surface area contributed by atoms with Crippen LogP contribution >= 0.6 is 36.2 Å². The molecule has 4 rings (SSSR count). The predicted molar refractivity (Wildman–Crippen MR) is 152 cm³/mol. The highest BCUT2D eigenvalue weighted by Crippen LogP contribution is 2.35. The third kappa shape index (κ3) is 6.79. The van der Waals surface area contributed by atoms with Gasteiger partial charge in [0, 0.05) is 28.9 Å². The van der Waals surface area contributed by atoms with Gasteiger partial charge in [-0.15, -0.1) is 24.8 Å². The van der Waals surface area contributed by atoms with Gasteiger partial charge < -0.3 is 21.7 Å². The van der Waals surface area contributed by atoms with E-state index in [2.05, 4.69) is 48.6 Å². The number of aromatic nitrogens is 1. The molecule has 0 saturated carbocycles.